The molecular formula is C48H61NO6. The van der Waals surface area contributed by atoms with Crippen LogP contribution in [0.1, 0.15) is 122 Å². The minimum atomic E-state index is -0.750. The second-order valence-corrected chi connectivity index (χ2v) is 20.2. The molecule has 0 radical (unpaired) electrons. The number of aliphatic hydroxyl groups is 2. The maximum atomic E-state index is 14.7. The summed E-state index contributed by atoms with van der Waals surface area (Å²) in [5.74, 6) is 0.414. The lowest BCUT2D eigenvalue weighted by Gasteiger charge is -2.71. The molecule has 7 nitrogen and oxygen atoms in total. The highest BCUT2D eigenvalue weighted by molar-refractivity contribution is 6.00. The highest BCUT2D eigenvalue weighted by atomic mass is 16.6. The average molecular weight is 748 g/mol. The Labute approximate surface area is 326 Å². The maximum absolute atomic E-state index is 14.7. The zero-order valence-electron chi connectivity index (χ0n) is 33.6. The third kappa shape index (κ3) is 5.03. The van der Waals surface area contributed by atoms with Crippen LogP contribution in [-0.4, -0.2) is 50.8 Å². The molecule has 4 saturated carbocycles. The van der Waals surface area contributed by atoms with Gasteiger partial charge in [-0.05, 0) is 133 Å². The Kier molecular flexibility index (Phi) is 8.39. The van der Waals surface area contributed by atoms with Crippen LogP contribution in [0.5, 0.6) is 5.75 Å². The quantitative estimate of drug-likeness (QED) is 0.127. The molecule has 0 aromatic heterocycles. The lowest BCUT2D eigenvalue weighted by Crippen LogP contribution is -2.69. The number of nitrogens with two attached hydrogens (primary N) is 1. The van der Waals surface area contributed by atoms with E-state index in [1.807, 2.05) is 24.3 Å². The third-order valence-corrected chi connectivity index (χ3v) is 17.6. The largest absolute Gasteiger partial charge is 0.508 e. The smallest absolute Gasteiger partial charge is 0.159 e. The molecule has 10 rings (SSSR count). The van der Waals surface area contributed by atoms with E-state index < -0.39 is 45.4 Å². The molecule has 1 aliphatic heterocycles. The lowest BCUT2D eigenvalue weighted by atomic mass is 9.33. The van der Waals surface area contributed by atoms with Gasteiger partial charge in [-0.25, -0.2) is 0 Å². The summed E-state index contributed by atoms with van der Waals surface area (Å²) in [4.78, 5) is 29.1. The number of hydrogen-bond donors (Lipinski definition) is 4. The Bertz CT molecular complexity index is 2000. The number of phenolic OH excluding ortho intramolecular Hbond substituents is 1. The molecule has 15 atom stereocenters. The van der Waals surface area contributed by atoms with Gasteiger partial charge in [-0.2, -0.15) is 0 Å². The molecule has 294 valence electrons. The standard InChI is InChI=1S/C48H61NO6/c1-26(21-35(51)43-48(6,55-43)32-16-9-15-31(32)27-11-7-13-29(49)22-27)39-33-18-19-38-46(4,45(33,3)24-36(39)52)25-37(53)41-44(2)20-10-17-34(47(38,41)5)40(42(44)54)28-12-8-14-30(50)23-28/h7-8,10-14,17,22-23,26,31-32,34-35,37-38,40-41,43,50-51,53H,9,15-16,18-21,24-25,49H2,1-6H3. The van der Waals surface area contributed by atoms with Crippen LogP contribution < -0.4 is 5.73 Å². The Morgan fingerprint density at radius 1 is 0.982 bits per heavy atom. The SMILES string of the molecule is CC(CC(O)C1OC1(C)C1CCCC1c1cccc(N)c1)C1=C2CCC3C4(C)C5C=CCC(C)(C(=O)C5c5cccc(O)c5)C4C(O)CC3(C)C2(C)CC1=O. The Morgan fingerprint density at radius 2 is 1.73 bits per heavy atom. The number of hydrogen-bond acceptors (Lipinski definition) is 7. The van der Waals surface area contributed by atoms with Gasteiger partial charge in [0.05, 0.1) is 23.7 Å². The number of ether oxygens (including phenoxy) is 1. The molecule has 5 fully saturated rings. The van der Waals surface area contributed by atoms with E-state index in [9.17, 15) is 24.9 Å². The van der Waals surface area contributed by atoms with Crippen molar-refractivity contribution in [2.75, 3.05) is 5.73 Å². The molecule has 55 heavy (non-hydrogen) atoms. The van der Waals surface area contributed by atoms with Gasteiger partial charge in [-0.15, -0.1) is 0 Å². The van der Waals surface area contributed by atoms with Crippen molar-refractivity contribution < 1.29 is 29.6 Å². The summed E-state index contributed by atoms with van der Waals surface area (Å²) in [7, 11) is 0. The fourth-order valence-electron chi connectivity index (χ4n) is 15.2. The van der Waals surface area contributed by atoms with E-state index in [4.69, 9.17) is 10.5 Å². The van der Waals surface area contributed by atoms with Crippen LogP contribution in [0.4, 0.5) is 5.69 Å². The second kappa shape index (κ2) is 12.4. The van der Waals surface area contributed by atoms with Crippen molar-refractivity contribution in [3.8, 4) is 5.75 Å². The first kappa shape index (κ1) is 37.3. The van der Waals surface area contributed by atoms with Crippen LogP contribution in [0.25, 0.3) is 0 Å². The fraction of sp³-hybridized carbons (Fsp3) is 0.625. The van der Waals surface area contributed by atoms with E-state index in [1.165, 1.54) is 11.1 Å². The van der Waals surface area contributed by atoms with E-state index in [0.717, 1.165) is 48.9 Å². The van der Waals surface area contributed by atoms with Crippen molar-refractivity contribution in [1.29, 1.82) is 0 Å². The van der Waals surface area contributed by atoms with Crippen molar-refractivity contribution in [1.82, 2.24) is 0 Å². The second-order valence-electron chi connectivity index (χ2n) is 20.2. The number of phenols is 1. The van der Waals surface area contributed by atoms with Gasteiger partial charge < -0.3 is 25.8 Å². The third-order valence-electron chi connectivity index (χ3n) is 17.6. The van der Waals surface area contributed by atoms with Gasteiger partial charge in [0.15, 0.2) is 5.78 Å². The lowest BCUT2D eigenvalue weighted by molar-refractivity contribution is -0.231. The molecule has 2 aromatic carbocycles. The Balaban J connectivity index is 1.01. The topological polar surface area (TPSA) is 133 Å². The van der Waals surface area contributed by atoms with E-state index in [-0.39, 0.29) is 47.1 Å². The summed E-state index contributed by atoms with van der Waals surface area (Å²) < 4.78 is 6.45. The number of ketones is 2. The fourth-order valence-corrected chi connectivity index (χ4v) is 15.2. The molecular weight excluding hydrogens is 687 g/mol. The van der Waals surface area contributed by atoms with Crippen LogP contribution in [0.3, 0.4) is 0 Å². The van der Waals surface area contributed by atoms with Crippen LogP contribution in [0.15, 0.2) is 71.8 Å². The summed E-state index contributed by atoms with van der Waals surface area (Å²) in [5.41, 5.74) is 8.74. The number of rotatable bonds is 7. The van der Waals surface area contributed by atoms with Crippen LogP contribution in [0.2, 0.25) is 0 Å². The summed E-state index contributed by atoms with van der Waals surface area (Å²) in [6.07, 6.45) is 9.77. The minimum Gasteiger partial charge on any atom is -0.508 e. The number of carbonyl (C=O) groups excluding carboxylic acids is 2. The number of Topliss-reactive ketones (excluding diaryl/α,β-unsaturated/α-hetero) is 2. The summed E-state index contributed by atoms with van der Waals surface area (Å²) >= 11 is 0. The first-order valence-corrected chi connectivity index (χ1v) is 21.1. The monoisotopic (exact) mass is 747 g/mol. The van der Waals surface area contributed by atoms with Gasteiger partial charge in [-0.1, -0.05) is 83.0 Å². The molecule has 5 N–H and O–H groups in total. The predicted octanol–water partition coefficient (Wildman–Crippen LogP) is 8.43. The Hall–Kier alpha value is -3.26. The molecule has 15 unspecified atom stereocenters. The molecule has 1 saturated heterocycles. The number of nitrogen functional groups attached to an aromatic ring is 1. The zero-order valence-corrected chi connectivity index (χ0v) is 33.6. The number of aromatic hydroxyl groups is 1. The molecule has 0 spiro atoms. The summed E-state index contributed by atoms with van der Waals surface area (Å²) in [5, 5.41) is 34.8. The van der Waals surface area contributed by atoms with Crippen molar-refractivity contribution in [3.63, 3.8) is 0 Å². The van der Waals surface area contributed by atoms with Gasteiger partial charge in [0.25, 0.3) is 0 Å². The summed E-state index contributed by atoms with van der Waals surface area (Å²) in [6.45, 7) is 13.3. The first-order valence-electron chi connectivity index (χ1n) is 21.1. The average Bonchev–Trinajstić information content (AvgIpc) is 3.50. The van der Waals surface area contributed by atoms with Gasteiger partial charge in [0.1, 0.15) is 17.6 Å². The molecule has 2 bridgehead atoms. The van der Waals surface area contributed by atoms with Crippen LogP contribution >= 0.6 is 0 Å². The molecule has 1 heterocycles. The molecule has 8 aliphatic rings. The zero-order chi connectivity index (χ0) is 39.0. The minimum absolute atomic E-state index is 0.124. The van der Waals surface area contributed by atoms with E-state index in [0.29, 0.717) is 37.5 Å². The van der Waals surface area contributed by atoms with Crippen molar-refractivity contribution >= 4 is 17.3 Å². The normalized spacial score (nSPS) is 45.5. The first-order chi connectivity index (χ1) is 26.0. The van der Waals surface area contributed by atoms with Crippen molar-refractivity contribution in [2.24, 2.45) is 51.2 Å². The number of carbonyl (C=O) groups is 2. The van der Waals surface area contributed by atoms with Crippen molar-refractivity contribution in [2.45, 2.75) is 135 Å². The molecule has 7 heteroatoms. The van der Waals surface area contributed by atoms with Gasteiger partial charge in [-0.3, -0.25) is 9.59 Å². The molecule has 7 aliphatic carbocycles. The molecule has 2 aromatic rings. The van der Waals surface area contributed by atoms with Crippen LogP contribution in [0, 0.1) is 51.2 Å². The highest BCUT2D eigenvalue weighted by Gasteiger charge is 2.74. The molecule has 0 amide bonds. The number of aliphatic hydroxyl groups excluding tert-OH is 2. The predicted molar refractivity (Wildman–Crippen MR) is 213 cm³/mol. The number of anilines is 1. The number of epoxide rings is 1. The van der Waals surface area contributed by atoms with E-state index >= 15 is 0 Å². The van der Waals surface area contributed by atoms with Crippen molar-refractivity contribution in [3.05, 3.63) is 83.0 Å². The van der Waals surface area contributed by atoms with Gasteiger partial charge >= 0.3 is 0 Å². The number of fused-ring (bicyclic) bond motifs is 5. The van der Waals surface area contributed by atoms with Crippen LogP contribution in [-0.2, 0) is 14.3 Å². The van der Waals surface area contributed by atoms with Gasteiger partial charge in [0, 0.05) is 28.9 Å². The Morgan fingerprint density at radius 3 is 2.47 bits per heavy atom. The van der Waals surface area contributed by atoms with Gasteiger partial charge in [0.2, 0.25) is 0 Å². The maximum Gasteiger partial charge on any atom is 0.159 e. The summed E-state index contributed by atoms with van der Waals surface area (Å²) in [6, 6.07) is 15.4. The number of allylic oxidation sites excluding steroid dienone is 4. The van der Waals surface area contributed by atoms with E-state index in [2.05, 4.69) is 65.8 Å². The number of benzene rings is 2. The van der Waals surface area contributed by atoms with E-state index in [1.54, 1.807) is 12.1 Å². The highest BCUT2D eigenvalue weighted by Crippen LogP contribution is 2.77.